The molecule has 1 atom stereocenters. The van der Waals surface area contributed by atoms with Crippen LogP contribution in [0.2, 0.25) is 0 Å². The quantitative estimate of drug-likeness (QED) is 0.740. The molecule has 0 radical (unpaired) electrons. The minimum Gasteiger partial charge on any atom is -0.363 e. The Labute approximate surface area is 100 Å². The van der Waals surface area contributed by atoms with Crippen LogP contribution in [-0.2, 0) is 0 Å². The zero-order chi connectivity index (χ0) is 10.2. The summed E-state index contributed by atoms with van der Waals surface area (Å²) in [6, 6.07) is 0. The van der Waals surface area contributed by atoms with Gasteiger partial charge in [0.25, 0.3) is 0 Å². The first-order valence-corrected chi connectivity index (χ1v) is 7.65. The fourth-order valence-corrected chi connectivity index (χ4v) is 3.96. The fraction of sp³-hybridized carbons (Fsp3) is 0.889. The van der Waals surface area contributed by atoms with Gasteiger partial charge < -0.3 is 10.6 Å². The van der Waals surface area contributed by atoms with Crippen molar-refractivity contribution in [1.82, 2.24) is 10.6 Å². The third-order valence-corrected chi connectivity index (χ3v) is 5.04. The Balaban J connectivity index is 2.03. The molecule has 0 spiro atoms. The molecule has 0 amide bonds. The lowest BCUT2D eigenvalue weighted by molar-refractivity contribution is 0.789. The van der Waals surface area contributed by atoms with E-state index in [1.807, 2.05) is 11.8 Å². The van der Waals surface area contributed by atoms with Crippen molar-refractivity contribution in [3.63, 3.8) is 0 Å². The van der Waals surface area contributed by atoms with Crippen LogP contribution in [-0.4, -0.2) is 40.7 Å². The van der Waals surface area contributed by atoms with E-state index in [0.717, 1.165) is 29.9 Å². The van der Waals surface area contributed by atoms with Crippen LogP contribution in [0.1, 0.15) is 13.3 Å². The van der Waals surface area contributed by atoms with Crippen LogP contribution in [0.15, 0.2) is 0 Å². The first-order valence-electron chi connectivity index (χ1n) is 5.04. The molecule has 5 heteroatoms. The zero-order valence-corrected chi connectivity index (χ0v) is 11.0. The highest BCUT2D eigenvalue weighted by atomic mass is 32.2. The highest BCUT2D eigenvalue weighted by molar-refractivity contribution is 8.06. The van der Waals surface area contributed by atoms with Crippen molar-refractivity contribution in [1.29, 1.82) is 0 Å². The lowest BCUT2D eigenvalue weighted by atomic mass is 10.4. The normalized spacial score (nSPS) is 21.6. The number of thioether (sulfide) groups is 2. The summed E-state index contributed by atoms with van der Waals surface area (Å²) in [5, 5.41) is 7.99. The predicted molar refractivity (Wildman–Crippen MR) is 72.5 cm³/mol. The van der Waals surface area contributed by atoms with E-state index in [2.05, 4.69) is 29.3 Å². The third-order valence-electron chi connectivity index (χ3n) is 1.91. The second-order valence-corrected chi connectivity index (χ2v) is 6.17. The maximum Gasteiger partial charge on any atom is 0.166 e. The van der Waals surface area contributed by atoms with Crippen LogP contribution in [0, 0.1) is 0 Å². The molecular formula is C9H18N2S3. The lowest BCUT2D eigenvalue weighted by Crippen LogP contribution is -2.40. The molecule has 0 aliphatic carbocycles. The van der Waals surface area contributed by atoms with Gasteiger partial charge in [0, 0.05) is 35.6 Å². The van der Waals surface area contributed by atoms with Crippen molar-refractivity contribution in [2.24, 2.45) is 0 Å². The molecule has 82 valence electrons. The molecule has 1 heterocycles. The van der Waals surface area contributed by atoms with E-state index in [9.17, 15) is 0 Å². The molecule has 1 rings (SSSR count). The van der Waals surface area contributed by atoms with Crippen molar-refractivity contribution >= 4 is 40.9 Å². The molecule has 2 N–H and O–H groups in total. The molecule has 1 aliphatic heterocycles. The van der Waals surface area contributed by atoms with Gasteiger partial charge in [-0.25, -0.2) is 0 Å². The molecule has 0 aromatic rings. The maximum absolute atomic E-state index is 5.15. The molecule has 0 aromatic heterocycles. The van der Waals surface area contributed by atoms with Crippen LogP contribution in [0.4, 0.5) is 0 Å². The topological polar surface area (TPSA) is 24.1 Å². The summed E-state index contributed by atoms with van der Waals surface area (Å²) in [7, 11) is 0. The highest BCUT2D eigenvalue weighted by Crippen LogP contribution is 2.23. The van der Waals surface area contributed by atoms with Crippen molar-refractivity contribution in [3.05, 3.63) is 0 Å². The Morgan fingerprint density at radius 3 is 2.93 bits per heavy atom. The van der Waals surface area contributed by atoms with E-state index >= 15 is 0 Å². The first kappa shape index (κ1) is 12.5. The van der Waals surface area contributed by atoms with E-state index < -0.39 is 0 Å². The van der Waals surface area contributed by atoms with E-state index in [-0.39, 0.29) is 0 Å². The average molecular weight is 250 g/mol. The number of rotatable bonds is 4. The van der Waals surface area contributed by atoms with Gasteiger partial charge >= 0.3 is 0 Å². The second-order valence-electron chi connectivity index (χ2n) is 3.20. The van der Waals surface area contributed by atoms with Crippen LogP contribution >= 0.6 is 35.7 Å². The molecule has 2 nitrogen and oxygen atoms in total. The Bertz CT molecular complexity index is 169. The summed E-state index contributed by atoms with van der Waals surface area (Å²) in [6.45, 7) is 4.12. The van der Waals surface area contributed by atoms with Crippen LogP contribution in [0.3, 0.4) is 0 Å². The Morgan fingerprint density at radius 2 is 2.29 bits per heavy atom. The molecule has 14 heavy (non-hydrogen) atoms. The minimum absolute atomic E-state index is 0.732. The number of hydrogen-bond donors (Lipinski definition) is 2. The van der Waals surface area contributed by atoms with E-state index in [0.29, 0.717) is 0 Å². The zero-order valence-electron chi connectivity index (χ0n) is 8.54. The van der Waals surface area contributed by atoms with Gasteiger partial charge in [-0.1, -0.05) is 6.92 Å². The summed E-state index contributed by atoms with van der Waals surface area (Å²) >= 11 is 9.26. The predicted octanol–water partition coefficient (Wildman–Crippen LogP) is 1.71. The maximum atomic E-state index is 5.15. The Morgan fingerprint density at radius 1 is 1.43 bits per heavy atom. The molecule has 0 bridgehead atoms. The summed E-state index contributed by atoms with van der Waals surface area (Å²) in [5.74, 6) is 3.85. The Kier molecular flexibility index (Phi) is 6.81. The molecule has 1 fully saturated rings. The molecule has 0 saturated carbocycles. The molecule has 1 unspecified atom stereocenters. The summed E-state index contributed by atoms with van der Waals surface area (Å²) < 4.78 is 0. The smallest absolute Gasteiger partial charge is 0.166 e. The van der Waals surface area contributed by atoms with Crippen molar-refractivity contribution < 1.29 is 0 Å². The molecule has 1 saturated heterocycles. The monoisotopic (exact) mass is 250 g/mol. The lowest BCUT2D eigenvalue weighted by Gasteiger charge is -2.21. The molecular weight excluding hydrogens is 232 g/mol. The van der Waals surface area contributed by atoms with Crippen LogP contribution < -0.4 is 10.6 Å². The molecule has 1 aliphatic rings. The standard InChI is InChI=1S/C9H18N2S3/c1-2-3-10-9(12)11-6-8-7-13-4-5-14-8/h8H,2-7H2,1H3,(H2,10,11,12). The van der Waals surface area contributed by atoms with Gasteiger partial charge in [-0.15, -0.1) is 0 Å². The summed E-state index contributed by atoms with van der Waals surface area (Å²) in [6.07, 6.45) is 1.12. The Hall–Kier alpha value is 0.390. The average Bonchev–Trinajstić information content (AvgIpc) is 2.25. The van der Waals surface area contributed by atoms with Gasteiger partial charge in [-0.2, -0.15) is 23.5 Å². The number of thiocarbonyl (C=S) groups is 1. The van der Waals surface area contributed by atoms with Crippen molar-refractivity contribution in [2.75, 3.05) is 30.3 Å². The van der Waals surface area contributed by atoms with Gasteiger partial charge in [0.15, 0.2) is 5.11 Å². The number of nitrogens with one attached hydrogen (secondary N) is 2. The van der Waals surface area contributed by atoms with Gasteiger partial charge in [-0.3, -0.25) is 0 Å². The number of hydrogen-bond acceptors (Lipinski definition) is 3. The van der Waals surface area contributed by atoms with Crippen LogP contribution in [0.5, 0.6) is 0 Å². The highest BCUT2D eigenvalue weighted by Gasteiger charge is 2.13. The van der Waals surface area contributed by atoms with E-state index in [4.69, 9.17) is 12.2 Å². The van der Waals surface area contributed by atoms with Crippen molar-refractivity contribution in [3.8, 4) is 0 Å². The molecule has 0 aromatic carbocycles. The fourth-order valence-electron chi connectivity index (χ4n) is 1.16. The SMILES string of the molecule is CCCNC(=S)NCC1CSCCS1. The minimum atomic E-state index is 0.732. The first-order chi connectivity index (χ1) is 6.83. The second kappa shape index (κ2) is 7.65. The largest absolute Gasteiger partial charge is 0.363 e. The van der Waals surface area contributed by atoms with E-state index in [1.165, 1.54) is 17.3 Å². The van der Waals surface area contributed by atoms with Crippen LogP contribution in [0.25, 0.3) is 0 Å². The summed E-state index contributed by atoms with van der Waals surface area (Å²) in [5.41, 5.74) is 0. The van der Waals surface area contributed by atoms with Gasteiger partial charge in [0.1, 0.15) is 0 Å². The van der Waals surface area contributed by atoms with Gasteiger partial charge in [-0.05, 0) is 18.6 Å². The van der Waals surface area contributed by atoms with Gasteiger partial charge in [0.05, 0.1) is 0 Å². The van der Waals surface area contributed by atoms with Crippen molar-refractivity contribution in [2.45, 2.75) is 18.6 Å². The van der Waals surface area contributed by atoms with E-state index in [1.54, 1.807) is 0 Å². The third kappa shape index (κ3) is 5.32. The summed E-state index contributed by atoms with van der Waals surface area (Å²) in [4.78, 5) is 0. The van der Waals surface area contributed by atoms with Gasteiger partial charge in [0.2, 0.25) is 0 Å².